The van der Waals surface area contributed by atoms with E-state index in [9.17, 15) is 0 Å². The predicted molar refractivity (Wildman–Crippen MR) is 118 cm³/mol. The van der Waals surface area contributed by atoms with E-state index in [4.69, 9.17) is 21.7 Å². The smallest absolute Gasteiger partial charge is 0.170 e. The van der Waals surface area contributed by atoms with Gasteiger partial charge in [-0.1, -0.05) is 24.3 Å². The van der Waals surface area contributed by atoms with E-state index in [2.05, 4.69) is 53.6 Å². The summed E-state index contributed by atoms with van der Waals surface area (Å²) in [5.41, 5.74) is 4.75. The van der Waals surface area contributed by atoms with Crippen molar-refractivity contribution in [2.24, 2.45) is 0 Å². The van der Waals surface area contributed by atoms with Crippen LogP contribution in [0.5, 0.6) is 5.75 Å². The number of methoxy groups -OCH3 is 1. The zero-order valence-electron chi connectivity index (χ0n) is 16.8. The van der Waals surface area contributed by atoms with E-state index in [0.29, 0.717) is 5.11 Å². The van der Waals surface area contributed by atoms with Crippen LogP contribution in [0, 0.1) is 13.8 Å². The molecule has 0 aromatic heterocycles. The molecule has 150 valence electrons. The molecule has 5 nitrogen and oxygen atoms in total. The third-order valence-electron chi connectivity index (χ3n) is 5.30. The Labute approximate surface area is 173 Å². The van der Waals surface area contributed by atoms with E-state index in [1.807, 2.05) is 18.2 Å². The summed E-state index contributed by atoms with van der Waals surface area (Å²) in [6, 6.07) is 14.7. The quantitative estimate of drug-likeness (QED) is 0.723. The Kier molecular flexibility index (Phi) is 7.25. The molecule has 1 heterocycles. The molecule has 0 spiro atoms. The molecule has 2 aromatic carbocycles. The number of hydrogen-bond acceptors (Lipinski definition) is 4. The summed E-state index contributed by atoms with van der Waals surface area (Å²) in [5, 5.41) is 7.38. The third-order valence-corrected chi connectivity index (χ3v) is 5.54. The van der Waals surface area contributed by atoms with Crippen molar-refractivity contribution >= 4 is 23.0 Å². The van der Waals surface area contributed by atoms with Gasteiger partial charge in [0.15, 0.2) is 5.11 Å². The van der Waals surface area contributed by atoms with Crippen molar-refractivity contribution in [2.45, 2.75) is 19.9 Å². The number of ether oxygens (including phenoxy) is 2. The highest BCUT2D eigenvalue weighted by molar-refractivity contribution is 7.80. The molecule has 1 atom stereocenters. The van der Waals surface area contributed by atoms with Gasteiger partial charge in [0.05, 0.1) is 26.4 Å². The van der Waals surface area contributed by atoms with Crippen LogP contribution in [0.15, 0.2) is 42.5 Å². The number of rotatable bonds is 6. The number of nitrogens with one attached hydrogen (secondary N) is 2. The second kappa shape index (κ2) is 9.87. The Morgan fingerprint density at radius 1 is 1.14 bits per heavy atom. The molecule has 3 rings (SSSR count). The van der Waals surface area contributed by atoms with Gasteiger partial charge in [-0.25, -0.2) is 0 Å². The summed E-state index contributed by atoms with van der Waals surface area (Å²) in [7, 11) is 1.69. The second-order valence-electron chi connectivity index (χ2n) is 7.02. The highest BCUT2D eigenvalue weighted by Gasteiger charge is 2.23. The van der Waals surface area contributed by atoms with Crippen LogP contribution in [-0.2, 0) is 4.74 Å². The normalized spacial score (nSPS) is 15.7. The van der Waals surface area contributed by atoms with E-state index < -0.39 is 0 Å². The van der Waals surface area contributed by atoms with E-state index in [1.54, 1.807) is 7.11 Å². The number of nitrogens with zero attached hydrogens (tertiary/aromatic N) is 1. The first-order valence-corrected chi connectivity index (χ1v) is 10.1. The predicted octanol–water partition coefficient (Wildman–Crippen LogP) is 3.67. The molecule has 1 aliphatic heterocycles. The monoisotopic (exact) mass is 399 g/mol. The molecule has 6 heteroatoms. The highest BCUT2D eigenvalue weighted by Crippen LogP contribution is 2.24. The number of anilines is 1. The van der Waals surface area contributed by atoms with E-state index >= 15 is 0 Å². The number of hydrogen-bond donors (Lipinski definition) is 2. The summed E-state index contributed by atoms with van der Waals surface area (Å²) in [6.07, 6.45) is 0. The van der Waals surface area contributed by atoms with Crippen LogP contribution in [0.2, 0.25) is 0 Å². The first kappa shape index (κ1) is 20.6. The van der Waals surface area contributed by atoms with Crippen molar-refractivity contribution in [2.75, 3.05) is 45.3 Å². The molecular weight excluding hydrogens is 370 g/mol. The molecule has 1 fully saturated rings. The second-order valence-corrected chi connectivity index (χ2v) is 7.43. The van der Waals surface area contributed by atoms with Gasteiger partial charge >= 0.3 is 0 Å². The van der Waals surface area contributed by atoms with Gasteiger partial charge in [0.2, 0.25) is 0 Å². The topological polar surface area (TPSA) is 45.8 Å². The van der Waals surface area contributed by atoms with Crippen molar-refractivity contribution in [3.8, 4) is 5.75 Å². The number of morpholine rings is 1. The molecule has 2 aromatic rings. The standard InChI is InChI=1S/C22H29N3O2S/c1-16-5-4-6-20(17(16)2)24-22(28)23-15-21(25-11-13-27-14-12-25)18-7-9-19(26-3)10-8-18/h4-10,21H,11-15H2,1-3H3,(H2,23,24,28)/t21-/m0/s1. The largest absolute Gasteiger partial charge is 0.497 e. The van der Waals surface area contributed by atoms with Gasteiger partial charge in [-0.05, 0) is 61.0 Å². The van der Waals surface area contributed by atoms with Crippen LogP contribution in [0.1, 0.15) is 22.7 Å². The van der Waals surface area contributed by atoms with Crippen LogP contribution < -0.4 is 15.4 Å². The fraction of sp³-hybridized carbons (Fsp3) is 0.409. The summed E-state index contributed by atoms with van der Waals surface area (Å²) in [4.78, 5) is 2.44. The van der Waals surface area contributed by atoms with Crippen LogP contribution in [0.4, 0.5) is 5.69 Å². The van der Waals surface area contributed by atoms with Crippen molar-refractivity contribution in [1.82, 2.24) is 10.2 Å². The minimum absolute atomic E-state index is 0.216. The van der Waals surface area contributed by atoms with E-state index in [1.165, 1.54) is 16.7 Å². The van der Waals surface area contributed by atoms with Gasteiger partial charge in [0, 0.05) is 25.3 Å². The first-order chi connectivity index (χ1) is 13.6. The maximum Gasteiger partial charge on any atom is 0.170 e. The molecule has 0 saturated carbocycles. The molecule has 1 aliphatic rings. The van der Waals surface area contributed by atoms with E-state index in [0.717, 1.165) is 44.3 Å². The van der Waals surface area contributed by atoms with Gasteiger partial charge in [-0.15, -0.1) is 0 Å². The van der Waals surface area contributed by atoms with Crippen LogP contribution in [0.25, 0.3) is 0 Å². The summed E-state index contributed by atoms with van der Waals surface area (Å²) in [6.45, 7) is 8.28. The average molecular weight is 400 g/mol. The van der Waals surface area contributed by atoms with E-state index in [-0.39, 0.29) is 6.04 Å². The Morgan fingerprint density at radius 2 is 1.86 bits per heavy atom. The summed E-state index contributed by atoms with van der Waals surface area (Å²) >= 11 is 5.56. The van der Waals surface area contributed by atoms with Crippen molar-refractivity contribution in [1.29, 1.82) is 0 Å². The molecule has 0 unspecified atom stereocenters. The lowest BCUT2D eigenvalue weighted by atomic mass is 10.0. The Hall–Kier alpha value is -2.15. The lowest BCUT2D eigenvalue weighted by Gasteiger charge is -2.35. The number of aryl methyl sites for hydroxylation is 1. The molecule has 2 N–H and O–H groups in total. The van der Waals surface area contributed by atoms with Gasteiger partial charge in [0.1, 0.15) is 5.75 Å². The van der Waals surface area contributed by atoms with Gasteiger partial charge in [0.25, 0.3) is 0 Å². The maximum absolute atomic E-state index is 5.56. The average Bonchev–Trinajstić information content (AvgIpc) is 2.73. The highest BCUT2D eigenvalue weighted by atomic mass is 32.1. The van der Waals surface area contributed by atoms with Crippen molar-refractivity contribution < 1.29 is 9.47 Å². The van der Waals surface area contributed by atoms with Crippen LogP contribution in [0.3, 0.4) is 0 Å². The van der Waals surface area contributed by atoms with Crippen molar-refractivity contribution in [3.63, 3.8) is 0 Å². The maximum atomic E-state index is 5.56. The third kappa shape index (κ3) is 5.22. The van der Waals surface area contributed by atoms with Gasteiger partial charge < -0.3 is 20.1 Å². The minimum atomic E-state index is 0.216. The van der Waals surface area contributed by atoms with Crippen molar-refractivity contribution in [3.05, 3.63) is 59.2 Å². The molecular formula is C22H29N3O2S. The Balaban J connectivity index is 1.68. The zero-order valence-corrected chi connectivity index (χ0v) is 17.6. The molecule has 28 heavy (non-hydrogen) atoms. The van der Waals surface area contributed by atoms with Gasteiger partial charge in [-0.3, -0.25) is 4.90 Å². The fourth-order valence-electron chi connectivity index (χ4n) is 3.42. The number of benzene rings is 2. The van der Waals surface area contributed by atoms with Gasteiger partial charge in [-0.2, -0.15) is 0 Å². The lowest BCUT2D eigenvalue weighted by molar-refractivity contribution is 0.0170. The minimum Gasteiger partial charge on any atom is -0.497 e. The fourth-order valence-corrected chi connectivity index (χ4v) is 3.61. The van der Waals surface area contributed by atoms with Crippen LogP contribution >= 0.6 is 12.2 Å². The Bertz CT molecular complexity index is 789. The molecule has 0 amide bonds. The molecule has 1 saturated heterocycles. The zero-order chi connectivity index (χ0) is 19.9. The molecule has 0 bridgehead atoms. The molecule has 0 radical (unpaired) electrons. The summed E-state index contributed by atoms with van der Waals surface area (Å²) in [5.74, 6) is 0.865. The first-order valence-electron chi connectivity index (χ1n) is 9.65. The SMILES string of the molecule is COc1ccc([C@H](CNC(=S)Nc2cccc(C)c2C)N2CCOCC2)cc1. The Morgan fingerprint density at radius 3 is 2.54 bits per heavy atom. The molecule has 0 aliphatic carbocycles. The number of thiocarbonyl (C=S) groups is 1. The lowest BCUT2D eigenvalue weighted by Crippen LogP contribution is -2.44. The van der Waals surface area contributed by atoms with Crippen LogP contribution in [-0.4, -0.2) is 50.0 Å². The summed E-state index contributed by atoms with van der Waals surface area (Å²) < 4.78 is 10.8.